The van der Waals surface area contributed by atoms with Gasteiger partial charge in [-0.3, -0.25) is 0 Å². The lowest BCUT2D eigenvalue weighted by Gasteiger charge is -2.13. The van der Waals surface area contributed by atoms with Gasteiger partial charge in [-0.25, -0.2) is 9.67 Å². The van der Waals surface area contributed by atoms with Crippen molar-refractivity contribution >= 4 is 0 Å². The molecule has 0 atom stereocenters. The molecular formula is C13H15N3O. The van der Waals surface area contributed by atoms with E-state index in [1.165, 1.54) is 32.0 Å². The molecule has 1 aromatic carbocycles. The van der Waals surface area contributed by atoms with E-state index in [1.54, 1.807) is 11.0 Å². The molecule has 0 radical (unpaired) electrons. The summed E-state index contributed by atoms with van der Waals surface area (Å²) in [5.74, 6) is 0.945. The lowest BCUT2D eigenvalue weighted by atomic mass is 10.3. The molecule has 0 aliphatic heterocycles. The molecule has 0 bridgehead atoms. The summed E-state index contributed by atoms with van der Waals surface area (Å²) in [5, 5.41) is 4.08. The van der Waals surface area contributed by atoms with Crippen LogP contribution in [0.1, 0.15) is 25.7 Å². The molecule has 17 heavy (non-hydrogen) atoms. The highest BCUT2D eigenvalue weighted by molar-refractivity contribution is 5.36. The monoisotopic (exact) mass is 229 g/mol. The highest BCUT2D eigenvalue weighted by Gasteiger charge is 2.16. The molecule has 4 nitrogen and oxygen atoms in total. The molecule has 1 saturated carbocycles. The van der Waals surface area contributed by atoms with E-state index in [1.807, 2.05) is 24.3 Å². The Labute approximate surface area is 100 Å². The average molecular weight is 229 g/mol. The molecule has 1 fully saturated rings. The van der Waals surface area contributed by atoms with Crippen molar-refractivity contribution in [2.24, 2.45) is 0 Å². The van der Waals surface area contributed by atoms with Crippen molar-refractivity contribution in [1.29, 1.82) is 0 Å². The Balaban J connectivity index is 1.71. The predicted molar refractivity (Wildman–Crippen MR) is 64.2 cm³/mol. The van der Waals surface area contributed by atoms with Gasteiger partial charge < -0.3 is 4.74 Å². The SMILES string of the molecule is c1ncn(-c2ccc(OC3CCCC3)cc2)n1. The number of aromatic nitrogens is 3. The van der Waals surface area contributed by atoms with Crippen LogP contribution in [0, 0.1) is 0 Å². The first-order valence-electron chi connectivity index (χ1n) is 6.03. The average Bonchev–Trinajstić information content (AvgIpc) is 3.01. The van der Waals surface area contributed by atoms with Gasteiger partial charge in [0.05, 0.1) is 11.8 Å². The third-order valence-electron chi connectivity index (χ3n) is 3.12. The number of rotatable bonds is 3. The molecule has 0 unspecified atom stereocenters. The van der Waals surface area contributed by atoms with Crippen molar-refractivity contribution in [2.45, 2.75) is 31.8 Å². The maximum absolute atomic E-state index is 5.90. The van der Waals surface area contributed by atoms with Gasteiger partial charge in [-0.2, -0.15) is 5.10 Å². The van der Waals surface area contributed by atoms with Gasteiger partial charge in [-0.15, -0.1) is 0 Å². The predicted octanol–water partition coefficient (Wildman–Crippen LogP) is 2.59. The van der Waals surface area contributed by atoms with Crippen LogP contribution in [0.4, 0.5) is 0 Å². The van der Waals surface area contributed by atoms with Crippen LogP contribution in [0.15, 0.2) is 36.9 Å². The molecule has 0 amide bonds. The Bertz CT molecular complexity index is 458. The fourth-order valence-corrected chi connectivity index (χ4v) is 2.22. The Morgan fingerprint density at radius 3 is 2.53 bits per heavy atom. The van der Waals surface area contributed by atoms with Crippen molar-refractivity contribution in [1.82, 2.24) is 14.8 Å². The molecule has 1 heterocycles. The molecule has 1 aromatic heterocycles. The Morgan fingerprint density at radius 2 is 1.88 bits per heavy atom. The van der Waals surface area contributed by atoms with Gasteiger partial charge in [0.2, 0.25) is 0 Å². The van der Waals surface area contributed by atoms with Crippen LogP contribution in [-0.2, 0) is 0 Å². The highest BCUT2D eigenvalue weighted by Crippen LogP contribution is 2.24. The van der Waals surface area contributed by atoms with Gasteiger partial charge in [-0.1, -0.05) is 0 Å². The summed E-state index contributed by atoms with van der Waals surface area (Å²) in [6.07, 6.45) is 8.58. The van der Waals surface area contributed by atoms with Crippen LogP contribution in [-0.4, -0.2) is 20.9 Å². The highest BCUT2D eigenvalue weighted by atomic mass is 16.5. The number of hydrogen-bond donors (Lipinski definition) is 0. The second kappa shape index (κ2) is 4.57. The van der Waals surface area contributed by atoms with E-state index in [0.29, 0.717) is 6.10 Å². The van der Waals surface area contributed by atoms with Crippen LogP contribution in [0.3, 0.4) is 0 Å². The minimum absolute atomic E-state index is 0.409. The van der Waals surface area contributed by atoms with Crippen LogP contribution in [0.25, 0.3) is 5.69 Å². The fraction of sp³-hybridized carbons (Fsp3) is 0.385. The Morgan fingerprint density at radius 1 is 1.12 bits per heavy atom. The normalized spacial score (nSPS) is 16.2. The summed E-state index contributed by atoms with van der Waals surface area (Å²) < 4.78 is 7.64. The molecule has 0 spiro atoms. The number of nitrogens with zero attached hydrogens (tertiary/aromatic N) is 3. The molecule has 1 aliphatic rings. The van der Waals surface area contributed by atoms with Gasteiger partial charge >= 0.3 is 0 Å². The number of hydrogen-bond acceptors (Lipinski definition) is 3. The van der Waals surface area contributed by atoms with E-state index in [-0.39, 0.29) is 0 Å². The minimum Gasteiger partial charge on any atom is -0.490 e. The van der Waals surface area contributed by atoms with Crippen molar-refractivity contribution < 1.29 is 4.74 Å². The zero-order valence-corrected chi connectivity index (χ0v) is 9.62. The van der Waals surface area contributed by atoms with Gasteiger partial charge in [-0.05, 0) is 49.9 Å². The van der Waals surface area contributed by atoms with E-state index in [2.05, 4.69) is 10.1 Å². The lowest BCUT2D eigenvalue weighted by Crippen LogP contribution is -2.10. The summed E-state index contributed by atoms with van der Waals surface area (Å²) in [6, 6.07) is 7.99. The number of benzene rings is 1. The van der Waals surface area contributed by atoms with Gasteiger partial charge in [0.25, 0.3) is 0 Å². The summed E-state index contributed by atoms with van der Waals surface area (Å²) in [4.78, 5) is 3.92. The lowest BCUT2D eigenvalue weighted by molar-refractivity contribution is 0.210. The van der Waals surface area contributed by atoms with E-state index < -0.39 is 0 Å². The molecule has 1 aliphatic carbocycles. The van der Waals surface area contributed by atoms with Crippen LogP contribution < -0.4 is 4.74 Å². The molecule has 0 saturated heterocycles. The quantitative estimate of drug-likeness (QED) is 0.812. The van der Waals surface area contributed by atoms with Gasteiger partial charge in [0.15, 0.2) is 0 Å². The maximum atomic E-state index is 5.90. The first-order valence-corrected chi connectivity index (χ1v) is 6.03. The first kappa shape index (κ1) is 10.3. The van der Waals surface area contributed by atoms with Crippen LogP contribution >= 0.6 is 0 Å². The topological polar surface area (TPSA) is 39.9 Å². The largest absolute Gasteiger partial charge is 0.490 e. The summed E-state index contributed by atoms with van der Waals surface area (Å²) in [6.45, 7) is 0. The summed E-state index contributed by atoms with van der Waals surface area (Å²) in [5.41, 5.74) is 1.00. The van der Waals surface area contributed by atoms with E-state index in [0.717, 1.165) is 11.4 Å². The van der Waals surface area contributed by atoms with E-state index >= 15 is 0 Å². The first-order chi connectivity index (χ1) is 8.42. The second-order valence-electron chi connectivity index (χ2n) is 4.36. The van der Waals surface area contributed by atoms with Crippen molar-refractivity contribution in [3.05, 3.63) is 36.9 Å². The van der Waals surface area contributed by atoms with Gasteiger partial charge in [0, 0.05) is 0 Å². The molecule has 4 heteroatoms. The van der Waals surface area contributed by atoms with E-state index in [4.69, 9.17) is 4.74 Å². The zero-order chi connectivity index (χ0) is 11.5. The molecule has 2 aromatic rings. The van der Waals surface area contributed by atoms with Crippen molar-refractivity contribution in [2.75, 3.05) is 0 Å². The molecule has 3 rings (SSSR count). The second-order valence-corrected chi connectivity index (χ2v) is 4.36. The van der Waals surface area contributed by atoms with Crippen molar-refractivity contribution in [3.63, 3.8) is 0 Å². The summed E-state index contributed by atoms with van der Waals surface area (Å²) >= 11 is 0. The van der Waals surface area contributed by atoms with Gasteiger partial charge in [0.1, 0.15) is 18.4 Å². The fourth-order valence-electron chi connectivity index (χ4n) is 2.22. The third kappa shape index (κ3) is 2.30. The Hall–Kier alpha value is -1.84. The molecule has 0 N–H and O–H groups in total. The smallest absolute Gasteiger partial charge is 0.138 e. The summed E-state index contributed by atoms with van der Waals surface area (Å²) in [7, 11) is 0. The third-order valence-corrected chi connectivity index (χ3v) is 3.12. The molecule has 88 valence electrons. The van der Waals surface area contributed by atoms with Crippen molar-refractivity contribution in [3.8, 4) is 11.4 Å². The number of ether oxygens (including phenoxy) is 1. The zero-order valence-electron chi connectivity index (χ0n) is 9.62. The molecular weight excluding hydrogens is 214 g/mol. The van der Waals surface area contributed by atoms with Crippen LogP contribution in [0.5, 0.6) is 5.75 Å². The minimum atomic E-state index is 0.409. The van der Waals surface area contributed by atoms with E-state index in [9.17, 15) is 0 Å². The Kier molecular flexibility index (Phi) is 2.78. The van der Waals surface area contributed by atoms with Crippen LogP contribution in [0.2, 0.25) is 0 Å². The maximum Gasteiger partial charge on any atom is 0.138 e. The standard InChI is InChI=1S/C13H15N3O/c1-2-4-12(3-1)17-13-7-5-11(6-8-13)16-10-14-9-15-16/h5-10,12H,1-4H2.